The van der Waals surface area contributed by atoms with Crippen LogP contribution in [0.3, 0.4) is 0 Å². The molecule has 0 fully saturated rings. The Bertz CT molecular complexity index is 601. The molecule has 2 aromatic carbocycles. The summed E-state index contributed by atoms with van der Waals surface area (Å²) in [6.45, 7) is 4.77. The number of hydrogen-bond acceptors (Lipinski definition) is 3. The van der Waals surface area contributed by atoms with Crippen molar-refractivity contribution in [2.24, 2.45) is 0 Å². The van der Waals surface area contributed by atoms with Gasteiger partial charge in [-0.05, 0) is 49.7 Å². The van der Waals surface area contributed by atoms with E-state index in [1.165, 1.54) is 5.56 Å². The molecule has 1 N–H and O–H groups in total. The highest BCUT2D eigenvalue weighted by Crippen LogP contribution is 2.27. The van der Waals surface area contributed by atoms with E-state index in [0.29, 0.717) is 17.3 Å². The van der Waals surface area contributed by atoms with Crippen LogP contribution in [0.1, 0.15) is 12.5 Å². The van der Waals surface area contributed by atoms with Gasteiger partial charge in [-0.25, -0.2) is 0 Å². The highest BCUT2D eigenvalue weighted by atomic mass is 35.5. The minimum Gasteiger partial charge on any atom is -0.495 e. The Labute approximate surface area is 130 Å². The molecule has 112 valence electrons. The second kappa shape index (κ2) is 7.23. The van der Waals surface area contributed by atoms with Gasteiger partial charge < -0.3 is 14.8 Å². The fraction of sp³-hybridized carbons (Fsp3) is 0.294. The lowest BCUT2D eigenvalue weighted by atomic mass is 10.2. The summed E-state index contributed by atoms with van der Waals surface area (Å²) in [5.41, 5.74) is 2.13. The van der Waals surface area contributed by atoms with Gasteiger partial charge in [0, 0.05) is 5.69 Å². The van der Waals surface area contributed by atoms with E-state index < -0.39 is 0 Å². The molecule has 0 bridgehead atoms. The Morgan fingerprint density at radius 1 is 1.19 bits per heavy atom. The van der Waals surface area contributed by atoms with Gasteiger partial charge in [-0.2, -0.15) is 0 Å². The lowest BCUT2D eigenvalue weighted by molar-refractivity contribution is 0.234. The maximum absolute atomic E-state index is 6.10. The van der Waals surface area contributed by atoms with Crippen molar-refractivity contribution in [3.63, 3.8) is 0 Å². The number of nitrogens with one attached hydrogen (secondary N) is 1. The zero-order valence-corrected chi connectivity index (χ0v) is 13.3. The maximum atomic E-state index is 6.10. The van der Waals surface area contributed by atoms with Crippen LogP contribution in [0.5, 0.6) is 11.5 Å². The average molecular weight is 306 g/mol. The van der Waals surface area contributed by atoms with Crippen molar-refractivity contribution >= 4 is 17.3 Å². The number of aryl methyl sites for hydroxylation is 1. The van der Waals surface area contributed by atoms with Crippen LogP contribution in [-0.4, -0.2) is 19.8 Å². The quantitative estimate of drug-likeness (QED) is 0.850. The third kappa shape index (κ3) is 4.57. The van der Waals surface area contributed by atoms with Crippen LogP contribution in [0, 0.1) is 6.92 Å². The lowest BCUT2D eigenvalue weighted by Crippen LogP contribution is -2.22. The SMILES string of the molecule is COc1ccc(NC[C@@H](C)Oc2cccc(C)c2)cc1Cl. The minimum absolute atomic E-state index is 0.0488. The minimum atomic E-state index is 0.0488. The molecule has 1 atom stereocenters. The van der Waals surface area contributed by atoms with Gasteiger partial charge in [-0.1, -0.05) is 23.7 Å². The summed E-state index contributed by atoms with van der Waals surface area (Å²) in [5, 5.41) is 3.90. The van der Waals surface area contributed by atoms with Gasteiger partial charge in [-0.15, -0.1) is 0 Å². The van der Waals surface area contributed by atoms with E-state index >= 15 is 0 Å². The van der Waals surface area contributed by atoms with E-state index in [4.69, 9.17) is 21.1 Å². The number of hydrogen-bond donors (Lipinski definition) is 1. The van der Waals surface area contributed by atoms with Gasteiger partial charge in [0.2, 0.25) is 0 Å². The second-order valence-corrected chi connectivity index (χ2v) is 5.38. The number of methoxy groups -OCH3 is 1. The molecule has 0 heterocycles. The van der Waals surface area contributed by atoms with Crippen LogP contribution in [0.2, 0.25) is 5.02 Å². The number of rotatable bonds is 6. The molecule has 0 radical (unpaired) electrons. The predicted molar refractivity (Wildman–Crippen MR) is 87.8 cm³/mol. The Balaban J connectivity index is 1.89. The molecule has 4 heteroatoms. The van der Waals surface area contributed by atoms with Crippen LogP contribution in [-0.2, 0) is 0 Å². The smallest absolute Gasteiger partial charge is 0.137 e. The van der Waals surface area contributed by atoms with E-state index in [9.17, 15) is 0 Å². The normalized spacial score (nSPS) is 11.8. The van der Waals surface area contributed by atoms with E-state index in [0.717, 1.165) is 11.4 Å². The monoisotopic (exact) mass is 305 g/mol. The highest BCUT2D eigenvalue weighted by Gasteiger charge is 2.06. The van der Waals surface area contributed by atoms with Crippen molar-refractivity contribution in [1.29, 1.82) is 0 Å². The first-order valence-corrected chi connectivity index (χ1v) is 7.27. The summed E-state index contributed by atoms with van der Waals surface area (Å²) in [7, 11) is 1.60. The van der Waals surface area contributed by atoms with Crippen molar-refractivity contribution < 1.29 is 9.47 Å². The number of halogens is 1. The summed E-state index contributed by atoms with van der Waals surface area (Å²) in [6, 6.07) is 13.7. The molecular weight excluding hydrogens is 286 g/mol. The summed E-state index contributed by atoms with van der Waals surface area (Å²) in [5.74, 6) is 1.56. The largest absolute Gasteiger partial charge is 0.495 e. The van der Waals surface area contributed by atoms with Gasteiger partial charge in [0.25, 0.3) is 0 Å². The molecule has 0 aromatic heterocycles. The zero-order valence-electron chi connectivity index (χ0n) is 12.5. The van der Waals surface area contributed by atoms with E-state index in [1.54, 1.807) is 7.11 Å². The fourth-order valence-corrected chi connectivity index (χ4v) is 2.26. The Hall–Kier alpha value is -1.87. The second-order valence-electron chi connectivity index (χ2n) is 4.98. The molecule has 2 aromatic rings. The van der Waals surface area contributed by atoms with E-state index in [-0.39, 0.29) is 6.10 Å². The third-order valence-corrected chi connectivity index (χ3v) is 3.37. The molecule has 0 amide bonds. The molecule has 0 saturated carbocycles. The molecule has 0 aliphatic carbocycles. The van der Waals surface area contributed by atoms with Crippen LogP contribution in [0.25, 0.3) is 0 Å². The molecule has 0 saturated heterocycles. The Morgan fingerprint density at radius 2 is 2.00 bits per heavy atom. The average Bonchev–Trinajstić information content (AvgIpc) is 2.45. The molecule has 0 spiro atoms. The number of anilines is 1. The lowest BCUT2D eigenvalue weighted by Gasteiger charge is -2.17. The zero-order chi connectivity index (χ0) is 15.2. The van der Waals surface area contributed by atoms with Crippen LogP contribution in [0.15, 0.2) is 42.5 Å². The van der Waals surface area contributed by atoms with Crippen LogP contribution >= 0.6 is 11.6 Å². The van der Waals surface area contributed by atoms with Gasteiger partial charge in [0.1, 0.15) is 17.6 Å². The van der Waals surface area contributed by atoms with Crippen molar-refractivity contribution in [3.05, 3.63) is 53.1 Å². The van der Waals surface area contributed by atoms with Crippen molar-refractivity contribution in [1.82, 2.24) is 0 Å². The first-order chi connectivity index (χ1) is 10.1. The number of benzene rings is 2. The molecule has 2 rings (SSSR count). The first-order valence-electron chi connectivity index (χ1n) is 6.89. The Kier molecular flexibility index (Phi) is 5.34. The van der Waals surface area contributed by atoms with E-state index in [1.807, 2.05) is 43.3 Å². The topological polar surface area (TPSA) is 30.5 Å². The summed E-state index contributed by atoms with van der Waals surface area (Å²) in [6.07, 6.45) is 0.0488. The molecule has 0 aliphatic rings. The fourth-order valence-electron chi connectivity index (χ4n) is 2.00. The van der Waals surface area contributed by atoms with Crippen LogP contribution < -0.4 is 14.8 Å². The molecule has 3 nitrogen and oxygen atoms in total. The first kappa shape index (κ1) is 15.5. The Morgan fingerprint density at radius 3 is 2.67 bits per heavy atom. The highest BCUT2D eigenvalue weighted by molar-refractivity contribution is 6.32. The predicted octanol–water partition coefficient (Wildman–Crippen LogP) is 4.54. The molecule has 21 heavy (non-hydrogen) atoms. The maximum Gasteiger partial charge on any atom is 0.137 e. The summed E-state index contributed by atoms with van der Waals surface area (Å²) < 4.78 is 11.0. The van der Waals surface area contributed by atoms with Gasteiger partial charge in [0.15, 0.2) is 0 Å². The standard InChI is InChI=1S/C17H20ClNO2/c1-12-5-4-6-15(9-12)21-13(2)11-19-14-7-8-17(20-3)16(18)10-14/h4-10,13,19H,11H2,1-3H3/t13-/m1/s1. The van der Waals surface area contributed by atoms with Gasteiger partial charge in [0.05, 0.1) is 18.7 Å². The summed E-state index contributed by atoms with van der Waals surface area (Å²) in [4.78, 5) is 0. The van der Waals surface area contributed by atoms with Crippen LogP contribution in [0.4, 0.5) is 5.69 Å². The molecular formula is C17H20ClNO2. The van der Waals surface area contributed by atoms with Crippen molar-refractivity contribution in [3.8, 4) is 11.5 Å². The van der Waals surface area contributed by atoms with Crippen molar-refractivity contribution in [2.45, 2.75) is 20.0 Å². The third-order valence-electron chi connectivity index (χ3n) is 3.07. The van der Waals surface area contributed by atoms with Crippen molar-refractivity contribution in [2.75, 3.05) is 19.0 Å². The summed E-state index contributed by atoms with van der Waals surface area (Å²) >= 11 is 6.10. The van der Waals surface area contributed by atoms with E-state index in [2.05, 4.69) is 18.3 Å². The number of ether oxygens (including phenoxy) is 2. The molecule has 0 aliphatic heterocycles. The van der Waals surface area contributed by atoms with Gasteiger partial charge in [-0.3, -0.25) is 0 Å². The van der Waals surface area contributed by atoms with Gasteiger partial charge >= 0.3 is 0 Å². The molecule has 0 unspecified atom stereocenters.